The molecule has 0 spiro atoms. The molecular weight excluding hydrogens is 170 g/mol. The van der Waals surface area contributed by atoms with Crippen molar-refractivity contribution in [2.45, 2.75) is 19.8 Å². The maximum absolute atomic E-state index is 5.55. The molecule has 3 N–H and O–H groups in total. The Morgan fingerprint density at radius 1 is 1.75 bits per heavy atom. The fraction of sp³-hybridized carbons (Fsp3) is 0.625. The molecule has 2 rings (SSSR count). The Balaban J connectivity index is 1.87. The van der Waals surface area contributed by atoms with Crippen molar-refractivity contribution in [3.8, 4) is 0 Å². The van der Waals surface area contributed by atoms with Gasteiger partial charge in [0, 0.05) is 6.54 Å². The zero-order chi connectivity index (χ0) is 8.60. The molecule has 0 bridgehead atoms. The van der Waals surface area contributed by atoms with E-state index in [9.17, 15) is 0 Å². The van der Waals surface area contributed by atoms with E-state index in [4.69, 9.17) is 5.73 Å². The molecule has 66 valence electrons. The molecule has 1 aliphatic carbocycles. The van der Waals surface area contributed by atoms with Crippen LogP contribution in [0.2, 0.25) is 0 Å². The van der Waals surface area contributed by atoms with Crippen LogP contribution in [0.5, 0.6) is 0 Å². The van der Waals surface area contributed by atoms with E-state index in [1.807, 2.05) is 0 Å². The van der Waals surface area contributed by atoms with Crippen LogP contribution in [-0.4, -0.2) is 11.5 Å². The molecule has 1 aromatic rings. The minimum Gasteiger partial charge on any atom is -0.389 e. The van der Waals surface area contributed by atoms with Gasteiger partial charge in [0.1, 0.15) is 5.00 Å². The second-order valence-corrected chi connectivity index (χ2v) is 4.79. The maximum Gasteiger partial charge on any atom is 0.184 e. The maximum atomic E-state index is 5.55. The highest BCUT2D eigenvalue weighted by Crippen LogP contribution is 2.44. The van der Waals surface area contributed by atoms with Crippen LogP contribution in [0.3, 0.4) is 0 Å². The number of nitrogen functional groups attached to an aromatic ring is 1. The van der Waals surface area contributed by atoms with Crippen molar-refractivity contribution >= 4 is 21.5 Å². The first-order valence-electron chi connectivity index (χ1n) is 4.13. The highest BCUT2D eigenvalue weighted by Gasteiger charge is 2.36. The third-order valence-corrected chi connectivity index (χ3v) is 3.08. The average Bonchev–Trinajstić information content (AvgIpc) is 2.60. The highest BCUT2D eigenvalue weighted by atomic mass is 32.1. The minimum atomic E-state index is 0.528. The topological polar surface area (TPSA) is 50.9 Å². The second-order valence-electron chi connectivity index (χ2n) is 3.73. The van der Waals surface area contributed by atoms with Crippen molar-refractivity contribution in [2.75, 3.05) is 17.6 Å². The van der Waals surface area contributed by atoms with E-state index in [0.717, 1.165) is 16.7 Å². The van der Waals surface area contributed by atoms with E-state index in [2.05, 4.69) is 17.2 Å². The minimum absolute atomic E-state index is 0.528. The molecule has 1 aromatic heterocycles. The van der Waals surface area contributed by atoms with Crippen molar-refractivity contribution < 1.29 is 0 Å². The van der Waals surface area contributed by atoms with E-state index in [1.165, 1.54) is 24.2 Å². The summed E-state index contributed by atoms with van der Waals surface area (Å²) in [5.41, 5.74) is 6.08. The monoisotopic (exact) mass is 183 g/mol. The first kappa shape index (κ1) is 7.86. The number of nitrogens with one attached hydrogen (secondary N) is 1. The average molecular weight is 183 g/mol. The Morgan fingerprint density at radius 2 is 2.50 bits per heavy atom. The van der Waals surface area contributed by atoms with Crippen molar-refractivity contribution in [1.29, 1.82) is 0 Å². The van der Waals surface area contributed by atoms with Crippen molar-refractivity contribution in [3.63, 3.8) is 0 Å². The molecule has 1 saturated carbocycles. The molecule has 0 amide bonds. The van der Waals surface area contributed by atoms with Gasteiger partial charge in [-0.25, -0.2) is 4.98 Å². The second kappa shape index (κ2) is 2.62. The summed E-state index contributed by atoms with van der Waals surface area (Å²) in [4.78, 5) is 4.13. The SMILES string of the molecule is CC1(CNc2ncc(N)s2)CC1. The highest BCUT2D eigenvalue weighted by molar-refractivity contribution is 7.19. The summed E-state index contributed by atoms with van der Waals surface area (Å²) in [5.74, 6) is 0. The summed E-state index contributed by atoms with van der Waals surface area (Å²) in [6.45, 7) is 3.32. The lowest BCUT2D eigenvalue weighted by Gasteiger charge is -2.07. The summed E-state index contributed by atoms with van der Waals surface area (Å²) in [6, 6.07) is 0. The smallest absolute Gasteiger partial charge is 0.184 e. The van der Waals surface area contributed by atoms with Gasteiger partial charge in [0.25, 0.3) is 0 Å². The van der Waals surface area contributed by atoms with Crippen LogP contribution >= 0.6 is 11.3 Å². The Kier molecular flexibility index (Phi) is 1.72. The Labute approximate surface area is 76.0 Å². The predicted molar refractivity (Wildman–Crippen MR) is 52.4 cm³/mol. The van der Waals surface area contributed by atoms with Crippen LogP contribution in [0, 0.1) is 5.41 Å². The normalized spacial score (nSPS) is 19.1. The number of thiazole rings is 1. The van der Waals surface area contributed by atoms with E-state index >= 15 is 0 Å². The Hall–Kier alpha value is -0.770. The van der Waals surface area contributed by atoms with Crippen LogP contribution < -0.4 is 11.1 Å². The standard InChI is InChI=1S/C8H13N3S/c1-8(2-3-8)5-11-7-10-4-6(9)12-7/h4H,2-3,5,9H2,1H3,(H,10,11). The number of nitrogens with two attached hydrogens (primary N) is 1. The Morgan fingerprint density at radius 3 is 3.00 bits per heavy atom. The molecule has 0 unspecified atom stereocenters. The quantitative estimate of drug-likeness (QED) is 0.753. The molecular formula is C8H13N3S. The summed E-state index contributed by atoms with van der Waals surface area (Å²) < 4.78 is 0. The van der Waals surface area contributed by atoms with Crippen LogP contribution in [0.4, 0.5) is 10.1 Å². The zero-order valence-electron chi connectivity index (χ0n) is 7.13. The number of anilines is 2. The largest absolute Gasteiger partial charge is 0.389 e. The van der Waals surface area contributed by atoms with Crippen molar-refractivity contribution in [3.05, 3.63) is 6.20 Å². The molecule has 0 aromatic carbocycles. The third kappa shape index (κ3) is 1.69. The van der Waals surface area contributed by atoms with E-state index in [-0.39, 0.29) is 0 Å². The first-order chi connectivity index (χ1) is 5.68. The fourth-order valence-corrected chi connectivity index (χ4v) is 1.63. The molecule has 1 aliphatic rings. The van der Waals surface area contributed by atoms with E-state index < -0.39 is 0 Å². The van der Waals surface area contributed by atoms with Crippen molar-refractivity contribution in [1.82, 2.24) is 4.98 Å². The first-order valence-corrected chi connectivity index (χ1v) is 4.95. The van der Waals surface area contributed by atoms with Gasteiger partial charge in [0.05, 0.1) is 6.20 Å². The molecule has 0 radical (unpaired) electrons. The van der Waals surface area contributed by atoms with Gasteiger partial charge in [-0.1, -0.05) is 18.3 Å². The molecule has 1 fully saturated rings. The van der Waals surface area contributed by atoms with E-state index in [1.54, 1.807) is 6.20 Å². The molecule has 4 heteroatoms. The molecule has 0 saturated heterocycles. The number of aromatic nitrogens is 1. The molecule has 3 nitrogen and oxygen atoms in total. The van der Waals surface area contributed by atoms with Crippen LogP contribution in [-0.2, 0) is 0 Å². The van der Waals surface area contributed by atoms with E-state index in [0.29, 0.717) is 5.41 Å². The molecule has 0 atom stereocenters. The van der Waals surface area contributed by atoms with Gasteiger partial charge in [-0.2, -0.15) is 0 Å². The number of rotatable bonds is 3. The zero-order valence-corrected chi connectivity index (χ0v) is 7.95. The van der Waals surface area contributed by atoms with Gasteiger partial charge in [0.15, 0.2) is 5.13 Å². The third-order valence-electron chi connectivity index (χ3n) is 2.29. The Bertz CT molecular complexity index is 278. The summed E-state index contributed by atoms with van der Waals surface area (Å²) in [6.07, 6.45) is 4.37. The fourth-order valence-electron chi connectivity index (χ4n) is 1.05. The van der Waals surface area contributed by atoms with Crippen LogP contribution in [0.25, 0.3) is 0 Å². The summed E-state index contributed by atoms with van der Waals surface area (Å²) in [5, 5.41) is 5.02. The van der Waals surface area contributed by atoms with Gasteiger partial charge in [-0.15, -0.1) is 0 Å². The number of hydrogen-bond donors (Lipinski definition) is 2. The van der Waals surface area contributed by atoms with Gasteiger partial charge in [-0.3, -0.25) is 0 Å². The van der Waals surface area contributed by atoms with Gasteiger partial charge < -0.3 is 11.1 Å². The summed E-state index contributed by atoms with van der Waals surface area (Å²) >= 11 is 1.51. The van der Waals surface area contributed by atoms with Crippen LogP contribution in [0.15, 0.2) is 6.20 Å². The number of hydrogen-bond acceptors (Lipinski definition) is 4. The lowest BCUT2D eigenvalue weighted by Crippen LogP contribution is -2.11. The van der Waals surface area contributed by atoms with Gasteiger partial charge in [0.2, 0.25) is 0 Å². The van der Waals surface area contributed by atoms with Gasteiger partial charge >= 0.3 is 0 Å². The molecule has 1 heterocycles. The van der Waals surface area contributed by atoms with Gasteiger partial charge in [-0.05, 0) is 18.3 Å². The molecule has 0 aliphatic heterocycles. The summed E-state index contributed by atoms with van der Waals surface area (Å²) in [7, 11) is 0. The lowest BCUT2D eigenvalue weighted by atomic mass is 10.1. The van der Waals surface area contributed by atoms with Crippen LogP contribution in [0.1, 0.15) is 19.8 Å². The predicted octanol–water partition coefficient (Wildman–Crippen LogP) is 1.94. The number of nitrogens with zero attached hydrogens (tertiary/aromatic N) is 1. The lowest BCUT2D eigenvalue weighted by molar-refractivity contribution is 0.610. The van der Waals surface area contributed by atoms with Crippen molar-refractivity contribution in [2.24, 2.45) is 5.41 Å². The molecule has 12 heavy (non-hydrogen) atoms.